The molecule has 0 N–H and O–H groups in total. The molecule has 114 valence electrons. The predicted molar refractivity (Wildman–Crippen MR) is 69.6 cm³/mol. The monoisotopic (exact) mass is 321 g/mol. The van der Waals surface area contributed by atoms with Crippen LogP contribution in [-0.4, -0.2) is 36.3 Å². The molecule has 0 saturated carbocycles. The van der Waals surface area contributed by atoms with Crippen LogP contribution in [0.15, 0.2) is 4.42 Å². The predicted octanol–water partition coefficient (Wildman–Crippen LogP) is 3.04. The van der Waals surface area contributed by atoms with Gasteiger partial charge in [-0.2, -0.15) is 18.2 Å². The molecule has 0 bridgehead atoms. The van der Waals surface area contributed by atoms with E-state index in [1.54, 1.807) is 4.90 Å². The Hall–Kier alpha value is -1.54. The molecule has 0 aliphatic carbocycles. The van der Waals surface area contributed by atoms with Crippen LogP contribution in [0.1, 0.15) is 11.3 Å². The molecule has 1 aliphatic heterocycles. The summed E-state index contributed by atoms with van der Waals surface area (Å²) in [5.74, 6) is 0.0236. The summed E-state index contributed by atoms with van der Waals surface area (Å²) in [5, 5.41) is -0.240. The zero-order valence-electron chi connectivity index (χ0n) is 11.0. The first-order chi connectivity index (χ1) is 9.88. The lowest BCUT2D eigenvalue weighted by Gasteiger charge is -2.27. The van der Waals surface area contributed by atoms with Crippen molar-refractivity contribution >= 4 is 28.5 Å². The molecule has 1 fully saturated rings. The highest BCUT2D eigenvalue weighted by Crippen LogP contribution is 2.41. The van der Waals surface area contributed by atoms with Gasteiger partial charge < -0.3 is 14.1 Å². The summed E-state index contributed by atoms with van der Waals surface area (Å²) >= 11 is 5.79. The number of alkyl halides is 3. The number of hydrogen-bond acceptors (Lipinski definition) is 5. The number of furan rings is 1. The minimum atomic E-state index is -4.56. The highest BCUT2D eigenvalue weighted by Gasteiger charge is 2.39. The maximum atomic E-state index is 13.1. The molecule has 0 aromatic carbocycles. The summed E-state index contributed by atoms with van der Waals surface area (Å²) in [5.41, 5.74) is -1.20. The van der Waals surface area contributed by atoms with Gasteiger partial charge in [0.25, 0.3) is 0 Å². The van der Waals surface area contributed by atoms with Crippen LogP contribution in [0, 0.1) is 6.92 Å². The van der Waals surface area contributed by atoms with Crippen molar-refractivity contribution in [2.24, 2.45) is 0 Å². The van der Waals surface area contributed by atoms with E-state index >= 15 is 0 Å². The molecule has 9 heteroatoms. The number of halogens is 4. The zero-order valence-corrected chi connectivity index (χ0v) is 11.8. The van der Waals surface area contributed by atoms with Crippen molar-refractivity contribution in [3.8, 4) is 0 Å². The van der Waals surface area contributed by atoms with Gasteiger partial charge in [-0.25, -0.2) is 4.98 Å². The molecular weight excluding hydrogens is 311 g/mol. The Morgan fingerprint density at radius 3 is 2.48 bits per heavy atom. The Kier molecular flexibility index (Phi) is 3.45. The average Bonchev–Trinajstić information content (AvgIpc) is 2.74. The summed E-state index contributed by atoms with van der Waals surface area (Å²) in [6.45, 7) is 3.19. The van der Waals surface area contributed by atoms with Crippen molar-refractivity contribution in [1.82, 2.24) is 9.97 Å². The first-order valence-corrected chi connectivity index (χ1v) is 6.62. The van der Waals surface area contributed by atoms with Gasteiger partial charge in [-0.3, -0.25) is 0 Å². The average molecular weight is 322 g/mol. The van der Waals surface area contributed by atoms with Crippen LogP contribution in [0.4, 0.5) is 19.0 Å². The molecule has 2 aromatic rings. The van der Waals surface area contributed by atoms with Crippen LogP contribution in [0.2, 0.25) is 5.28 Å². The lowest BCUT2D eigenvalue weighted by Crippen LogP contribution is -2.36. The highest BCUT2D eigenvalue weighted by molar-refractivity contribution is 6.28. The third kappa shape index (κ3) is 2.53. The molecule has 0 radical (unpaired) electrons. The molecule has 5 nitrogen and oxygen atoms in total. The first kappa shape index (κ1) is 14.4. The Labute approximate surface area is 122 Å². The lowest BCUT2D eigenvalue weighted by molar-refractivity contribution is -0.137. The molecule has 0 amide bonds. The summed E-state index contributed by atoms with van der Waals surface area (Å²) in [4.78, 5) is 9.51. The van der Waals surface area contributed by atoms with E-state index in [0.717, 1.165) is 0 Å². The summed E-state index contributed by atoms with van der Waals surface area (Å²) in [6.07, 6.45) is -4.56. The van der Waals surface area contributed by atoms with Crippen LogP contribution in [0.25, 0.3) is 11.1 Å². The molecule has 3 rings (SSSR count). The zero-order chi connectivity index (χ0) is 15.2. The maximum Gasteiger partial charge on any atom is 0.421 e. The van der Waals surface area contributed by atoms with Gasteiger partial charge in [-0.05, 0) is 18.5 Å². The largest absolute Gasteiger partial charge is 0.455 e. The van der Waals surface area contributed by atoms with Gasteiger partial charge in [-0.15, -0.1) is 0 Å². The van der Waals surface area contributed by atoms with E-state index in [0.29, 0.717) is 26.3 Å². The van der Waals surface area contributed by atoms with E-state index in [1.807, 2.05) is 0 Å². The third-order valence-corrected chi connectivity index (χ3v) is 3.43. The number of morpholine rings is 1. The van der Waals surface area contributed by atoms with Crippen LogP contribution >= 0.6 is 11.6 Å². The highest BCUT2D eigenvalue weighted by atomic mass is 35.5. The van der Waals surface area contributed by atoms with Crippen LogP contribution in [0.3, 0.4) is 0 Å². The number of rotatable bonds is 1. The number of anilines is 1. The number of fused-ring (bicyclic) bond motifs is 1. The van der Waals surface area contributed by atoms with E-state index < -0.39 is 11.7 Å². The minimum Gasteiger partial charge on any atom is -0.455 e. The number of hydrogen-bond donors (Lipinski definition) is 0. The second-order valence-corrected chi connectivity index (χ2v) is 4.96. The molecule has 2 aromatic heterocycles. The Balaban J connectivity index is 2.22. The second-order valence-electron chi connectivity index (χ2n) is 4.62. The number of aryl methyl sites for hydroxylation is 1. The summed E-state index contributed by atoms with van der Waals surface area (Å²) in [6, 6.07) is 0. The fourth-order valence-electron chi connectivity index (χ4n) is 2.37. The van der Waals surface area contributed by atoms with Crippen LogP contribution in [-0.2, 0) is 10.9 Å². The third-order valence-electron chi connectivity index (χ3n) is 3.26. The van der Waals surface area contributed by atoms with Gasteiger partial charge in [0.05, 0.1) is 13.2 Å². The van der Waals surface area contributed by atoms with Gasteiger partial charge in [0.2, 0.25) is 5.28 Å². The standard InChI is InChI=1S/C12H11ClF3N3O2/c1-6-7(12(14,15)16)8-9(21-6)10(18-11(13)17-8)19-2-4-20-5-3-19/h2-5H2,1H3. The van der Waals surface area contributed by atoms with E-state index in [9.17, 15) is 13.2 Å². The molecular formula is C12H11ClF3N3O2. The van der Waals surface area contributed by atoms with Crippen molar-refractivity contribution in [3.05, 3.63) is 16.6 Å². The summed E-state index contributed by atoms with van der Waals surface area (Å²) < 4.78 is 49.9. The molecule has 0 spiro atoms. The van der Waals surface area contributed by atoms with Crippen molar-refractivity contribution in [1.29, 1.82) is 0 Å². The first-order valence-electron chi connectivity index (χ1n) is 6.24. The van der Waals surface area contributed by atoms with E-state index in [4.69, 9.17) is 20.8 Å². The quantitative estimate of drug-likeness (QED) is 0.756. The molecule has 0 unspecified atom stereocenters. The number of aromatic nitrogens is 2. The van der Waals surface area contributed by atoms with Gasteiger partial charge in [-0.1, -0.05) is 0 Å². The van der Waals surface area contributed by atoms with E-state index in [2.05, 4.69) is 9.97 Å². The van der Waals surface area contributed by atoms with Gasteiger partial charge in [0, 0.05) is 13.1 Å². The maximum absolute atomic E-state index is 13.1. The lowest BCUT2D eigenvalue weighted by atomic mass is 10.2. The van der Waals surface area contributed by atoms with Crippen LogP contribution < -0.4 is 4.90 Å². The van der Waals surface area contributed by atoms with Crippen molar-refractivity contribution < 1.29 is 22.3 Å². The molecule has 3 heterocycles. The van der Waals surface area contributed by atoms with E-state index in [-0.39, 0.29) is 28.0 Å². The normalized spacial score (nSPS) is 16.7. The minimum absolute atomic E-state index is 0.00567. The topological polar surface area (TPSA) is 51.4 Å². The SMILES string of the molecule is Cc1oc2c(N3CCOCC3)nc(Cl)nc2c1C(F)(F)F. The van der Waals surface area contributed by atoms with Gasteiger partial charge in [0.15, 0.2) is 11.4 Å². The molecule has 1 aliphatic rings. The Morgan fingerprint density at radius 2 is 1.86 bits per heavy atom. The molecule has 0 atom stereocenters. The summed E-state index contributed by atoms with van der Waals surface area (Å²) in [7, 11) is 0. The van der Waals surface area contributed by atoms with Crippen molar-refractivity contribution in [3.63, 3.8) is 0 Å². The smallest absolute Gasteiger partial charge is 0.421 e. The molecule has 21 heavy (non-hydrogen) atoms. The fourth-order valence-corrected chi connectivity index (χ4v) is 2.53. The number of nitrogens with zero attached hydrogens (tertiary/aromatic N) is 3. The van der Waals surface area contributed by atoms with Crippen molar-refractivity contribution in [2.75, 3.05) is 31.2 Å². The van der Waals surface area contributed by atoms with Crippen LogP contribution in [0.5, 0.6) is 0 Å². The van der Waals surface area contributed by atoms with Crippen molar-refractivity contribution in [2.45, 2.75) is 13.1 Å². The Bertz CT molecular complexity index is 680. The van der Waals surface area contributed by atoms with Gasteiger partial charge >= 0.3 is 6.18 Å². The second kappa shape index (κ2) is 5.03. The number of ether oxygens (including phenoxy) is 1. The molecule has 1 saturated heterocycles. The Morgan fingerprint density at radius 1 is 1.19 bits per heavy atom. The van der Waals surface area contributed by atoms with E-state index in [1.165, 1.54) is 6.92 Å². The van der Waals surface area contributed by atoms with Gasteiger partial charge in [0.1, 0.15) is 16.8 Å². The fraction of sp³-hybridized carbons (Fsp3) is 0.500.